The normalized spacial score (nSPS) is 28.3. The summed E-state index contributed by atoms with van der Waals surface area (Å²) in [6.07, 6.45) is 7.27. The highest BCUT2D eigenvalue weighted by Crippen LogP contribution is 2.30. The predicted octanol–water partition coefficient (Wildman–Crippen LogP) is 3.45. The molecule has 2 atom stereocenters. The minimum Gasteiger partial charge on any atom is -0.316 e. The van der Waals surface area contributed by atoms with E-state index in [-0.39, 0.29) is 0 Å². The Labute approximate surface area is 89.7 Å². The van der Waals surface area contributed by atoms with Gasteiger partial charge in [0.15, 0.2) is 0 Å². The van der Waals surface area contributed by atoms with E-state index in [0.29, 0.717) is 0 Å². The SMILES string of the molecule is CCC1CCCC(CNCC(C)C)C1. The first-order valence-electron chi connectivity index (χ1n) is 6.43. The van der Waals surface area contributed by atoms with Crippen LogP contribution in [0.5, 0.6) is 0 Å². The molecule has 0 amide bonds. The van der Waals surface area contributed by atoms with Crippen LogP contribution in [0.4, 0.5) is 0 Å². The van der Waals surface area contributed by atoms with Gasteiger partial charge in [0.2, 0.25) is 0 Å². The van der Waals surface area contributed by atoms with Crippen LogP contribution in [0.3, 0.4) is 0 Å². The van der Waals surface area contributed by atoms with Gasteiger partial charge in [-0.15, -0.1) is 0 Å². The second kappa shape index (κ2) is 6.44. The number of rotatable bonds is 5. The van der Waals surface area contributed by atoms with Gasteiger partial charge in [-0.1, -0.05) is 40.0 Å². The molecule has 14 heavy (non-hydrogen) atoms. The molecular formula is C13H27N. The van der Waals surface area contributed by atoms with Crippen molar-refractivity contribution in [3.63, 3.8) is 0 Å². The molecule has 2 unspecified atom stereocenters. The standard InChI is InChI=1S/C13H27N/c1-4-12-6-5-7-13(8-12)10-14-9-11(2)3/h11-14H,4-10H2,1-3H3. The van der Waals surface area contributed by atoms with Gasteiger partial charge in [-0.3, -0.25) is 0 Å². The highest BCUT2D eigenvalue weighted by atomic mass is 14.9. The van der Waals surface area contributed by atoms with E-state index in [0.717, 1.165) is 17.8 Å². The maximum absolute atomic E-state index is 3.60. The molecule has 1 N–H and O–H groups in total. The van der Waals surface area contributed by atoms with Crippen LogP contribution in [0.1, 0.15) is 52.9 Å². The van der Waals surface area contributed by atoms with Crippen LogP contribution in [0, 0.1) is 17.8 Å². The smallest absolute Gasteiger partial charge is 0.00203 e. The molecule has 0 aromatic carbocycles. The molecule has 1 nitrogen and oxygen atoms in total. The third-order valence-electron chi connectivity index (χ3n) is 3.45. The molecular weight excluding hydrogens is 170 g/mol. The molecule has 1 aliphatic carbocycles. The van der Waals surface area contributed by atoms with Crippen molar-refractivity contribution >= 4 is 0 Å². The van der Waals surface area contributed by atoms with Crippen molar-refractivity contribution in [2.45, 2.75) is 52.9 Å². The van der Waals surface area contributed by atoms with Gasteiger partial charge >= 0.3 is 0 Å². The van der Waals surface area contributed by atoms with E-state index in [1.54, 1.807) is 0 Å². The Balaban J connectivity index is 2.11. The fourth-order valence-electron chi connectivity index (χ4n) is 2.53. The zero-order valence-electron chi connectivity index (χ0n) is 10.2. The Bertz CT molecular complexity index is 142. The van der Waals surface area contributed by atoms with Crippen molar-refractivity contribution in [3.8, 4) is 0 Å². The summed E-state index contributed by atoms with van der Waals surface area (Å²) >= 11 is 0. The second-order valence-corrected chi connectivity index (χ2v) is 5.36. The molecule has 1 heteroatoms. The Kier molecular flexibility index (Phi) is 5.54. The van der Waals surface area contributed by atoms with Crippen LogP contribution in [0.2, 0.25) is 0 Å². The van der Waals surface area contributed by atoms with E-state index in [1.165, 1.54) is 45.2 Å². The van der Waals surface area contributed by atoms with E-state index in [4.69, 9.17) is 0 Å². The first kappa shape index (κ1) is 12.0. The highest BCUT2D eigenvalue weighted by Gasteiger charge is 2.20. The van der Waals surface area contributed by atoms with Crippen LogP contribution in [0.15, 0.2) is 0 Å². The molecule has 1 rings (SSSR count). The van der Waals surface area contributed by atoms with Crippen LogP contribution in [-0.4, -0.2) is 13.1 Å². The fraction of sp³-hybridized carbons (Fsp3) is 1.00. The van der Waals surface area contributed by atoms with Crippen LogP contribution < -0.4 is 5.32 Å². The first-order chi connectivity index (χ1) is 6.72. The van der Waals surface area contributed by atoms with Gasteiger partial charge in [0.1, 0.15) is 0 Å². The summed E-state index contributed by atoms with van der Waals surface area (Å²) < 4.78 is 0. The number of hydrogen-bond donors (Lipinski definition) is 1. The number of hydrogen-bond acceptors (Lipinski definition) is 1. The van der Waals surface area contributed by atoms with E-state index in [9.17, 15) is 0 Å². The molecule has 0 heterocycles. The maximum atomic E-state index is 3.60. The lowest BCUT2D eigenvalue weighted by Crippen LogP contribution is -2.29. The molecule has 0 aliphatic heterocycles. The largest absolute Gasteiger partial charge is 0.316 e. The lowest BCUT2D eigenvalue weighted by molar-refractivity contribution is 0.252. The third-order valence-corrected chi connectivity index (χ3v) is 3.45. The summed E-state index contributed by atoms with van der Waals surface area (Å²) in [6, 6.07) is 0. The third kappa shape index (κ3) is 4.45. The highest BCUT2D eigenvalue weighted by molar-refractivity contribution is 4.74. The van der Waals surface area contributed by atoms with E-state index >= 15 is 0 Å². The summed E-state index contributed by atoms with van der Waals surface area (Å²) in [5.74, 6) is 2.78. The van der Waals surface area contributed by atoms with Crippen LogP contribution >= 0.6 is 0 Å². The van der Waals surface area contributed by atoms with E-state index in [2.05, 4.69) is 26.1 Å². The molecule has 0 saturated heterocycles. The summed E-state index contributed by atoms with van der Waals surface area (Å²) in [5.41, 5.74) is 0. The Morgan fingerprint density at radius 1 is 1.21 bits per heavy atom. The van der Waals surface area contributed by atoms with Gasteiger partial charge in [0.25, 0.3) is 0 Å². The topological polar surface area (TPSA) is 12.0 Å². The van der Waals surface area contributed by atoms with E-state index in [1.807, 2.05) is 0 Å². The summed E-state index contributed by atoms with van der Waals surface area (Å²) in [6.45, 7) is 9.35. The van der Waals surface area contributed by atoms with Crippen molar-refractivity contribution in [3.05, 3.63) is 0 Å². The average Bonchev–Trinajstić information content (AvgIpc) is 2.18. The minimum atomic E-state index is 0.792. The van der Waals surface area contributed by atoms with Gasteiger partial charge in [0.05, 0.1) is 0 Å². The molecule has 0 aromatic heterocycles. The molecule has 0 radical (unpaired) electrons. The molecule has 84 valence electrons. The van der Waals surface area contributed by atoms with Gasteiger partial charge in [-0.05, 0) is 43.7 Å². The Morgan fingerprint density at radius 2 is 1.93 bits per heavy atom. The molecule has 1 aliphatic rings. The van der Waals surface area contributed by atoms with Crippen molar-refractivity contribution in [2.24, 2.45) is 17.8 Å². The predicted molar refractivity (Wildman–Crippen MR) is 63.4 cm³/mol. The van der Waals surface area contributed by atoms with Crippen molar-refractivity contribution in [1.82, 2.24) is 5.32 Å². The van der Waals surface area contributed by atoms with Crippen LogP contribution in [-0.2, 0) is 0 Å². The number of nitrogens with one attached hydrogen (secondary N) is 1. The van der Waals surface area contributed by atoms with Crippen LogP contribution in [0.25, 0.3) is 0 Å². The van der Waals surface area contributed by atoms with Crippen molar-refractivity contribution in [1.29, 1.82) is 0 Å². The summed E-state index contributed by atoms with van der Waals surface area (Å²) in [4.78, 5) is 0. The zero-order valence-corrected chi connectivity index (χ0v) is 10.2. The molecule has 0 aromatic rings. The monoisotopic (exact) mass is 197 g/mol. The molecule has 0 spiro atoms. The Hall–Kier alpha value is -0.0400. The fourth-order valence-corrected chi connectivity index (χ4v) is 2.53. The maximum Gasteiger partial charge on any atom is -0.00203 e. The average molecular weight is 197 g/mol. The lowest BCUT2D eigenvalue weighted by atomic mass is 9.80. The molecule has 1 saturated carbocycles. The van der Waals surface area contributed by atoms with Gasteiger partial charge in [-0.2, -0.15) is 0 Å². The summed E-state index contributed by atoms with van der Waals surface area (Å²) in [5, 5.41) is 3.60. The molecule has 0 bridgehead atoms. The van der Waals surface area contributed by atoms with Crippen molar-refractivity contribution < 1.29 is 0 Å². The van der Waals surface area contributed by atoms with Gasteiger partial charge in [-0.25, -0.2) is 0 Å². The molecule has 1 fully saturated rings. The van der Waals surface area contributed by atoms with Crippen molar-refractivity contribution in [2.75, 3.05) is 13.1 Å². The minimum absolute atomic E-state index is 0.792. The van der Waals surface area contributed by atoms with Gasteiger partial charge < -0.3 is 5.32 Å². The van der Waals surface area contributed by atoms with E-state index < -0.39 is 0 Å². The quantitative estimate of drug-likeness (QED) is 0.712. The zero-order chi connectivity index (χ0) is 10.4. The Morgan fingerprint density at radius 3 is 2.57 bits per heavy atom. The van der Waals surface area contributed by atoms with Gasteiger partial charge in [0, 0.05) is 0 Å². The lowest BCUT2D eigenvalue weighted by Gasteiger charge is -2.28. The summed E-state index contributed by atoms with van der Waals surface area (Å²) in [7, 11) is 0. The first-order valence-corrected chi connectivity index (χ1v) is 6.43. The second-order valence-electron chi connectivity index (χ2n) is 5.36.